The van der Waals surface area contributed by atoms with Gasteiger partial charge < -0.3 is 31.3 Å². The molecule has 1 saturated heterocycles. The number of ketones is 1. The smallest absolute Gasteiger partial charge is 0.435 e. The van der Waals surface area contributed by atoms with Gasteiger partial charge in [-0.05, 0) is 87.1 Å². The van der Waals surface area contributed by atoms with Gasteiger partial charge in [0.1, 0.15) is 18.7 Å². The number of rotatable bonds is 17. The second-order valence-corrected chi connectivity index (χ2v) is 18.2. The SMILES string of the molecule is CC1(C)CC(=O)c2c(C(F)(F)F)nn(-c3ccc(C(N)=O)c(NC4CCC(OC(=O)CNC(=O)CCCCCCCNc5cccc6c5CN(C5CCC(=O)NC5=O)C6=O)CC4)c3)c2C1. The van der Waals surface area contributed by atoms with Gasteiger partial charge >= 0.3 is 12.1 Å². The number of nitrogens with two attached hydrogens (primary N) is 1. The number of esters is 1. The molecule has 4 aliphatic rings. The Morgan fingerprint density at radius 3 is 2.40 bits per heavy atom. The minimum atomic E-state index is -4.84. The van der Waals surface area contributed by atoms with E-state index in [1.807, 2.05) is 26.0 Å². The molecule has 0 spiro atoms. The molecule has 2 aromatic carbocycles. The summed E-state index contributed by atoms with van der Waals surface area (Å²) in [5.41, 5.74) is 6.50. The third-order valence-electron chi connectivity index (χ3n) is 12.6. The Labute approximate surface area is 373 Å². The van der Waals surface area contributed by atoms with E-state index in [0.717, 1.165) is 41.6 Å². The van der Waals surface area contributed by atoms with Gasteiger partial charge in [-0.3, -0.25) is 38.9 Å². The van der Waals surface area contributed by atoms with E-state index in [1.165, 1.54) is 23.1 Å². The van der Waals surface area contributed by atoms with Crippen LogP contribution in [0, 0.1) is 5.41 Å². The average Bonchev–Trinajstić information content (AvgIpc) is 3.79. The van der Waals surface area contributed by atoms with Crippen LogP contribution in [-0.4, -0.2) is 87.2 Å². The zero-order chi connectivity index (χ0) is 46.6. The lowest BCUT2D eigenvalue weighted by Gasteiger charge is -2.30. The van der Waals surface area contributed by atoms with Crippen molar-refractivity contribution in [2.45, 2.75) is 135 Å². The second kappa shape index (κ2) is 19.5. The van der Waals surface area contributed by atoms with E-state index in [-0.39, 0.29) is 79.0 Å². The fourth-order valence-corrected chi connectivity index (χ4v) is 9.31. The van der Waals surface area contributed by atoms with Gasteiger partial charge in [-0.15, -0.1) is 0 Å². The van der Waals surface area contributed by atoms with Crippen LogP contribution in [0.15, 0.2) is 36.4 Å². The molecule has 0 radical (unpaired) electrons. The number of primary amides is 1. The first-order valence-electron chi connectivity index (χ1n) is 22.3. The number of piperidine rings is 1. The van der Waals surface area contributed by atoms with Crippen molar-refractivity contribution in [3.05, 3.63) is 70.0 Å². The van der Waals surface area contributed by atoms with Crippen LogP contribution in [0.2, 0.25) is 0 Å². The molecule has 19 heteroatoms. The van der Waals surface area contributed by atoms with E-state index >= 15 is 0 Å². The zero-order valence-corrected chi connectivity index (χ0v) is 36.5. The van der Waals surface area contributed by atoms with Crippen molar-refractivity contribution in [1.82, 2.24) is 25.3 Å². The summed E-state index contributed by atoms with van der Waals surface area (Å²) in [5, 5.41) is 15.5. The molecule has 7 rings (SSSR count). The van der Waals surface area contributed by atoms with Crippen LogP contribution in [0.1, 0.15) is 145 Å². The van der Waals surface area contributed by atoms with Gasteiger partial charge in [0.15, 0.2) is 11.5 Å². The molecule has 3 heterocycles. The van der Waals surface area contributed by atoms with Crippen molar-refractivity contribution in [2.24, 2.45) is 11.1 Å². The predicted octanol–water partition coefficient (Wildman–Crippen LogP) is 5.74. The lowest BCUT2D eigenvalue weighted by Crippen LogP contribution is -2.52. The summed E-state index contributed by atoms with van der Waals surface area (Å²) in [6.45, 7) is 4.35. The number of aromatic nitrogens is 2. The summed E-state index contributed by atoms with van der Waals surface area (Å²) in [6, 6.07) is 9.01. The minimum Gasteiger partial charge on any atom is -0.461 e. The van der Waals surface area contributed by atoms with Crippen LogP contribution >= 0.6 is 0 Å². The van der Waals surface area contributed by atoms with Crippen molar-refractivity contribution in [3.63, 3.8) is 0 Å². The number of ether oxygens (including phenoxy) is 1. The summed E-state index contributed by atoms with van der Waals surface area (Å²) in [6.07, 6.45) is 1.97. The molecule has 65 heavy (non-hydrogen) atoms. The van der Waals surface area contributed by atoms with Gasteiger partial charge in [0.2, 0.25) is 17.7 Å². The number of amides is 5. The summed E-state index contributed by atoms with van der Waals surface area (Å²) < 4.78 is 48.9. The third-order valence-corrected chi connectivity index (χ3v) is 12.6. The van der Waals surface area contributed by atoms with Gasteiger partial charge in [0.05, 0.1) is 22.5 Å². The highest BCUT2D eigenvalue weighted by molar-refractivity contribution is 6.06. The Kier molecular flexibility index (Phi) is 14.0. The van der Waals surface area contributed by atoms with Crippen LogP contribution in [0.3, 0.4) is 0 Å². The van der Waals surface area contributed by atoms with E-state index in [1.54, 1.807) is 6.07 Å². The summed E-state index contributed by atoms with van der Waals surface area (Å²) in [5.74, 6) is -3.14. The Hall–Kier alpha value is -6.27. The van der Waals surface area contributed by atoms with Crippen LogP contribution in [-0.2, 0) is 43.1 Å². The molecular weight excluding hydrogens is 850 g/mol. The van der Waals surface area contributed by atoms with Crippen LogP contribution in [0.4, 0.5) is 24.5 Å². The summed E-state index contributed by atoms with van der Waals surface area (Å²) in [7, 11) is 0. The second-order valence-electron chi connectivity index (χ2n) is 18.2. The highest BCUT2D eigenvalue weighted by atomic mass is 19.4. The highest BCUT2D eigenvalue weighted by Crippen LogP contribution is 2.42. The summed E-state index contributed by atoms with van der Waals surface area (Å²) in [4.78, 5) is 89.0. The maximum Gasteiger partial charge on any atom is 0.435 e. The number of anilines is 2. The van der Waals surface area contributed by atoms with E-state index < -0.39 is 52.5 Å². The number of halogens is 3. The normalized spacial score (nSPS) is 20.4. The van der Waals surface area contributed by atoms with Gasteiger partial charge in [-0.2, -0.15) is 18.3 Å². The lowest BCUT2D eigenvalue weighted by atomic mass is 9.75. The Morgan fingerprint density at radius 1 is 0.938 bits per heavy atom. The molecule has 2 fully saturated rings. The largest absolute Gasteiger partial charge is 0.461 e. The first kappa shape index (κ1) is 46.7. The lowest BCUT2D eigenvalue weighted by molar-refractivity contribution is -0.150. The van der Waals surface area contributed by atoms with Crippen LogP contribution < -0.4 is 27.0 Å². The Morgan fingerprint density at radius 2 is 1.68 bits per heavy atom. The number of carbonyl (C=O) groups is 7. The van der Waals surface area contributed by atoms with Crippen molar-refractivity contribution < 1.29 is 51.5 Å². The fourth-order valence-electron chi connectivity index (χ4n) is 9.31. The van der Waals surface area contributed by atoms with E-state index in [2.05, 4.69) is 26.4 Å². The Bertz CT molecular complexity index is 2370. The number of nitrogens with one attached hydrogen (secondary N) is 4. The first-order chi connectivity index (χ1) is 30.9. The van der Waals surface area contributed by atoms with Gasteiger partial charge in [0, 0.05) is 60.9 Å². The number of alkyl halides is 3. The summed E-state index contributed by atoms with van der Waals surface area (Å²) >= 11 is 0. The first-order valence-corrected chi connectivity index (χ1v) is 22.3. The topological polar surface area (TPSA) is 224 Å². The van der Waals surface area contributed by atoms with Gasteiger partial charge in [0.25, 0.3) is 11.8 Å². The van der Waals surface area contributed by atoms with Crippen molar-refractivity contribution in [3.8, 4) is 5.69 Å². The van der Waals surface area contributed by atoms with E-state index in [9.17, 15) is 46.7 Å². The number of imide groups is 1. The number of carbonyl (C=O) groups excluding carboxylic acids is 7. The van der Waals surface area contributed by atoms with E-state index in [4.69, 9.17) is 10.5 Å². The number of hydrogen-bond donors (Lipinski definition) is 5. The predicted molar refractivity (Wildman–Crippen MR) is 231 cm³/mol. The maximum atomic E-state index is 14.1. The molecule has 1 aromatic heterocycles. The van der Waals surface area contributed by atoms with Gasteiger partial charge in [-0.1, -0.05) is 39.2 Å². The molecular formula is C46H55F3N8O8. The van der Waals surface area contributed by atoms with Gasteiger partial charge in [-0.25, -0.2) is 4.68 Å². The molecule has 348 valence electrons. The Balaban J connectivity index is 0.794. The molecule has 1 unspecified atom stereocenters. The van der Waals surface area contributed by atoms with E-state index in [0.29, 0.717) is 62.9 Å². The molecule has 1 saturated carbocycles. The quantitative estimate of drug-likeness (QED) is 0.0624. The maximum absolute atomic E-state index is 14.1. The molecule has 16 nitrogen and oxygen atoms in total. The minimum absolute atomic E-state index is 0.0400. The standard InChI is InChI=1S/C46H55F3N8O8/c1-45(2)22-35-40(36(58)23-45)41(46(47,48)49)55-57(35)27-14-17-30(42(50)62)33(21-27)53-26-12-15-28(16-13-26)65-39(61)24-52-37(59)11-6-4-3-5-7-20-51-32-10-8-9-29-31(32)25-56(44(29)64)34-18-19-38(60)54-43(34)63/h8-10,14,17,21,26,28,34,51,53H,3-7,11-13,15-16,18-20,22-25H2,1-2H3,(H2,50,62)(H,52,59)(H,54,60,63). The number of fused-ring (bicyclic) bond motifs is 2. The molecule has 6 N–H and O–H groups in total. The number of Topliss-reactive ketones (excluding diaryl/α,β-unsaturated/α-hetero) is 1. The molecule has 3 aromatic rings. The third kappa shape index (κ3) is 11.0. The van der Waals surface area contributed by atoms with Crippen molar-refractivity contribution in [2.75, 3.05) is 23.7 Å². The van der Waals surface area contributed by atoms with Crippen molar-refractivity contribution >= 4 is 52.7 Å². The average molecular weight is 905 g/mol. The molecule has 0 bridgehead atoms. The molecule has 2 aliphatic heterocycles. The fraction of sp³-hybridized carbons (Fsp3) is 0.522. The van der Waals surface area contributed by atoms with Crippen molar-refractivity contribution in [1.29, 1.82) is 0 Å². The number of hydrogen-bond acceptors (Lipinski definition) is 11. The molecule has 1 atom stereocenters. The number of benzene rings is 2. The monoisotopic (exact) mass is 904 g/mol. The number of unbranched alkanes of at least 4 members (excludes halogenated alkanes) is 4. The highest BCUT2D eigenvalue weighted by Gasteiger charge is 2.46. The zero-order valence-electron chi connectivity index (χ0n) is 36.5. The van der Waals surface area contributed by atoms with Crippen LogP contribution in [0.5, 0.6) is 0 Å². The van der Waals surface area contributed by atoms with Crippen LogP contribution in [0.25, 0.3) is 5.69 Å². The molecule has 2 aliphatic carbocycles. The number of nitrogens with zero attached hydrogens (tertiary/aromatic N) is 3. The molecule has 5 amide bonds.